The zero-order valence-corrected chi connectivity index (χ0v) is 8.91. The molecule has 0 fully saturated rings. The molecule has 0 N–H and O–H groups in total. The molecule has 12 heavy (non-hydrogen) atoms. The van der Waals surface area contributed by atoms with E-state index in [4.69, 9.17) is 0 Å². The molecule has 0 rings (SSSR count). The van der Waals surface area contributed by atoms with Crippen molar-refractivity contribution >= 4 is 17.7 Å². The van der Waals surface area contributed by atoms with Crippen molar-refractivity contribution < 1.29 is 16.8 Å². The molecule has 74 valence electrons. The molecule has 4 nitrogen and oxygen atoms in total. The quantitative estimate of drug-likeness (QED) is 0.627. The predicted octanol–water partition coefficient (Wildman–Crippen LogP) is 0.551. The zero-order valence-electron chi connectivity index (χ0n) is 7.28. The SMILES string of the molecule is CCCS(=O)(=O)S(=O)(=O)CCC. The van der Waals surface area contributed by atoms with Crippen LogP contribution < -0.4 is 0 Å². The number of hydrogen-bond acceptors (Lipinski definition) is 4. The summed E-state index contributed by atoms with van der Waals surface area (Å²) in [6.45, 7) is 3.28. The Balaban J connectivity index is 4.79. The van der Waals surface area contributed by atoms with Gasteiger partial charge in [0.1, 0.15) is 0 Å². The highest BCUT2D eigenvalue weighted by Crippen LogP contribution is 2.07. The molecule has 0 heterocycles. The van der Waals surface area contributed by atoms with E-state index in [-0.39, 0.29) is 11.5 Å². The second-order valence-electron chi connectivity index (χ2n) is 2.52. The summed E-state index contributed by atoms with van der Waals surface area (Å²) in [5.41, 5.74) is 0. The Morgan fingerprint density at radius 3 is 1.17 bits per heavy atom. The van der Waals surface area contributed by atoms with Crippen LogP contribution in [0.15, 0.2) is 0 Å². The summed E-state index contributed by atoms with van der Waals surface area (Å²) < 4.78 is 44.2. The minimum Gasteiger partial charge on any atom is -0.213 e. The molecule has 6 heteroatoms. The molecule has 0 aliphatic heterocycles. The van der Waals surface area contributed by atoms with Crippen molar-refractivity contribution in [1.29, 1.82) is 0 Å². The summed E-state index contributed by atoms with van der Waals surface area (Å²) in [5.74, 6) is -0.537. The van der Waals surface area contributed by atoms with Gasteiger partial charge in [-0.15, -0.1) is 0 Å². The van der Waals surface area contributed by atoms with Crippen LogP contribution in [0.4, 0.5) is 0 Å². The highest BCUT2D eigenvalue weighted by Gasteiger charge is 2.26. The van der Waals surface area contributed by atoms with Crippen LogP contribution in [0.5, 0.6) is 0 Å². The fourth-order valence-corrected chi connectivity index (χ4v) is 4.79. The third-order valence-electron chi connectivity index (χ3n) is 1.30. The molecule has 0 radical (unpaired) electrons. The second-order valence-corrected chi connectivity index (χ2v) is 8.62. The van der Waals surface area contributed by atoms with Gasteiger partial charge in [0.25, 0.3) is 17.7 Å². The van der Waals surface area contributed by atoms with Gasteiger partial charge >= 0.3 is 0 Å². The van der Waals surface area contributed by atoms with Gasteiger partial charge in [-0.05, 0) is 12.8 Å². The molecule has 0 aliphatic rings. The van der Waals surface area contributed by atoms with E-state index in [1.54, 1.807) is 13.8 Å². The first kappa shape index (κ1) is 11.9. The molecule has 0 aromatic heterocycles. The van der Waals surface area contributed by atoms with Gasteiger partial charge in [-0.1, -0.05) is 13.8 Å². The van der Waals surface area contributed by atoms with Crippen molar-refractivity contribution in [2.75, 3.05) is 11.5 Å². The molecular weight excluding hydrogens is 200 g/mol. The summed E-state index contributed by atoms with van der Waals surface area (Å²) in [6.07, 6.45) is 0.677. The highest BCUT2D eigenvalue weighted by molar-refractivity contribution is 8.67. The van der Waals surface area contributed by atoms with Gasteiger partial charge in [-0.2, -0.15) is 0 Å². The van der Waals surface area contributed by atoms with E-state index in [1.807, 2.05) is 0 Å². The lowest BCUT2D eigenvalue weighted by molar-refractivity contribution is 0.581. The Hall–Kier alpha value is -0.100. The molecule has 0 saturated heterocycles. The molecule has 0 aliphatic carbocycles. The van der Waals surface area contributed by atoms with Crippen molar-refractivity contribution in [1.82, 2.24) is 0 Å². The Labute approximate surface area is 73.2 Å². The fraction of sp³-hybridized carbons (Fsp3) is 1.00. The first-order valence-electron chi connectivity index (χ1n) is 3.82. The van der Waals surface area contributed by atoms with Gasteiger partial charge < -0.3 is 0 Å². The average Bonchev–Trinajstić information content (AvgIpc) is 1.86. The highest BCUT2D eigenvalue weighted by atomic mass is 33.2. The summed E-state index contributed by atoms with van der Waals surface area (Å²) in [5, 5.41) is 0. The molecule has 0 saturated carbocycles. The molecule has 0 unspecified atom stereocenters. The zero-order chi connectivity index (χ0) is 9.83. The minimum absolute atomic E-state index is 0.269. The van der Waals surface area contributed by atoms with E-state index in [2.05, 4.69) is 0 Å². The van der Waals surface area contributed by atoms with Crippen molar-refractivity contribution in [3.8, 4) is 0 Å². The molecular formula is C6H14O4S2. The average molecular weight is 214 g/mol. The first-order valence-corrected chi connectivity index (χ1v) is 7.65. The summed E-state index contributed by atoms with van der Waals surface area (Å²) in [6, 6.07) is 0. The summed E-state index contributed by atoms with van der Waals surface area (Å²) >= 11 is 0. The van der Waals surface area contributed by atoms with Crippen molar-refractivity contribution in [2.45, 2.75) is 26.7 Å². The Bertz CT molecular complexity index is 277. The van der Waals surface area contributed by atoms with Gasteiger partial charge in [-0.25, -0.2) is 16.8 Å². The second kappa shape index (κ2) is 4.23. The Morgan fingerprint density at radius 1 is 0.750 bits per heavy atom. The van der Waals surface area contributed by atoms with Crippen LogP contribution in [-0.4, -0.2) is 28.3 Å². The lowest BCUT2D eigenvalue weighted by Gasteiger charge is -2.02. The molecule has 0 amide bonds. The predicted molar refractivity (Wildman–Crippen MR) is 48.2 cm³/mol. The third kappa shape index (κ3) is 2.75. The maximum Gasteiger partial charge on any atom is 0.253 e. The lowest BCUT2D eigenvalue weighted by Crippen LogP contribution is -2.21. The lowest BCUT2D eigenvalue weighted by atomic mass is 10.6. The van der Waals surface area contributed by atoms with Crippen LogP contribution in [0.1, 0.15) is 26.7 Å². The first-order chi connectivity index (χ1) is 5.37. The summed E-state index contributed by atoms with van der Waals surface area (Å²) in [7, 11) is -7.80. The number of rotatable bonds is 5. The molecule has 0 spiro atoms. The van der Waals surface area contributed by atoms with Crippen LogP contribution in [0, 0.1) is 0 Å². The van der Waals surface area contributed by atoms with Crippen molar-refractivity contribution in [2.24, 2.45) is 0 Å². The topological polar surface area (TPSA) is 68.3 Å². The Morgan fingerprint density at radius 2 is 1.00 bits per heavy atom. The van der Waals surface area contributed by atoms with Gasteiger partial charge in [0.15, 0.2) is 0 Å². The van der Waals surface area contributed by atoms with Crippen LogP contribution in [0.3, 0.4) is 0 Å². The van der Waals surface area contributed by atoms with Crippen LogP contribution in [0.25, 0.3) is 0 Å². The maximum absolute atomic E-state index is 11.1. The van der Waals surface area contributed by atoms with E-state index in [1.165, 1.54) is 0 Å². The van der Waals surface area contributed by atoms with Crippen molar-refractivity contribution in [3.05, 3.63) is 0 Å². The monoisotopic (exact) mass is 214 g/mol. The molecule has 0 aromatic rings. The van der Waals surface area contributed by atoms with E-state index in [0.717, 1.165) is 0 Å². The molecule has 0 atom stereocenters. The maximum atomic E-state index is 11.1. The minimum atomic E-state index is -3.90. The fourth-order valence-electron chi connectivity index (χ4n) is 0.754. The Kier molecular flexibility index (Phi) is 4.19. The van der Waals surface area contributed by atoms with E-state index < -0.39 is 17.7 Å². The largest absolute Gasteiger partial charge is 0.253 e. The van der Waals surface area contributed by atoms with Gasteiger partial charge in [0, 0.05) is 0 Å². The standard InChI is InChI=1S/C6H14O4S2/c1-3-5-11(7,8)12(9,10)6-4-2/h3-6H2,1-2H3. The number of hydrogen-bond donors (Lipinski definition) is 0. The molecule has 0 bridgehead atoms. The van der Waals surface area contributed by atoms with E-state index >= 15 is 0 Å². The van der Waals surface area contributed by atoms with Gasteiger partial charge in [0.05, 0.1) is 11.5 Å². The van der Waals surface area contributed by atoms with Gasteiger partial charge in [0.2, 0.25) is 0 Å². The molecule has 0 aromatic carbocycles. The van der Waals surface area contributed by atoms with Crippen LogP contribution in [0.2, 0.25) is 0 Å². The van der Waals surface area contributed by atoms with Gasteiger partial charge in [-0.3, -0.25) is 0 Å². The van der Waals surface area contributed by atoms with E-state index in [9.17, 15) is 16.8 Å². The van der Waals surface area contributed by atoms with Crippen molar-refractivity contribution in [3.63, 3.8) is 0 Å². The smallest absolute Gasteiger partial charge is 0.213 e. The van der Waals surface area contributed by atoms with E-state index in [0.29, 0.717) is 12.8 Å². The summed E-state index contributed by atoms with van der Waals surface area (Å²) in [4.78, 5) is 0. The van der Waals surface area contributed by atoms with Crippen LogP contribution in [-0.2, 0) is 17.7 Å². The van der Waals surface area contributed by atoms with Crippen LogP contribution >= 0.6 is 0 Å². The third-order valence-corrected chi connectivity index (χ3v) is 7.21. The normalized spacial score (nSPS) is 13.2.